The van der Waals surface area contributed by atoms with Gasteiger partial charge in [-0.05, 0) is 37.7 Å². The molecule has 3 N–H and O–H groups in total. The minimum atomic E-state index is -1.16. The summed E-state index contributed by atoms with van der Waals surface area (Å²) in [5.41, 5.74) is 0.683. The van der Waals surface area contributed by atoms with Crippen LogP contribution in [0.3, 0.4) is 0 Å². The summed E-state index contributed by atoms with van der Waals surface area (Å²) in [4.78, 5) is 26.0. The number of hydrogen-bond donors (Lipinski definition) is 3. The van der Waals surface area contributed by atoms with Crippen LogP contribution in [0.15, 0.2) is 12.1 Å². The number of ether oxygens (including phenoxy) is 1. The molecule has 1 aromatic rings. The largest absolute Gasteiger partial charge is 0.535 e. The van der Waals surface area contributed by atoms with E-state index in [2.05, 4.69) is 12.2 Å². The van der Waals surface area contributed by atoms with Crippen molar-refractivity contribution in [3.8, 4) is 11.5 Å². The highest BCUT2D eigenvalue weighted by Crippen LogP contribution is 2.37. The predicted molar refractivity (Wildman–Crippen MR) is 97.1 cm³/mol. The van der Waals surface area contributed by atoms with E-state index in [1.165, 1.54) is 0 Å². The van der Waals surface area contributed by atoms with Crippen molar-refractivity contribution in [2.75, 3.05) is 19.6 Å². The van der Waals surface area contributed by atoms with E-state index in [0.717, 1.165) is 12.0 Å². The van der Waals surface area contributed by atoms with E-state index in [9.17, 15) is 19.7 Å². The maximum Gasteiger partial charge on any atom is 0.522 e. The van der Waals surface area contributed by atoms with Crippen molar-refractivity contribution >= 4 is 19.0 Å². The molecule has 0 spiro atoms. The summed E-state index contributed by atoms with van der Waals surface area (Å²) in [5, 5.41) is 22.6. The summed E-state index contributed by atoms with van der Waals surface area (Å²) in [7, 11) is -1.01. The van der Waals surface area contributed by atoms with Gasteiger partial charge in [-0.1, -0.05) is 6.07 Å². The van der Waals surface area contributed by atoms with Crippen molar-refractivity contribution in [1.29, 1.82) is 0 Å². The van der Waals surface area contributed by atoms with Crippen LogP contribution in [-0.2, 0) is 11.2 Å². The van der Waals surface area contributed by atoms with Gasteiger partial charge in [0, 0.05) is 12.6 Å². The number of carbonyl (C=O) groups excluding carboxylic acids is 1. The van der Waals surface area contributed by atoms with Gasteiger partial charge in [-0.25, -0.2) is 4.79 Å². The van der Waals surface area contributed by atoms with E-state index < -0.39 is 13.1 Å². The summed E-state index contributed by atoms with van der Waals surface area (Å²) < 4.78 is 11.2. The van der Waals surface area contributed by atoms with E-state index in [1.54, 1.807) is 17.0 Å². The Balaban J connectivity index is 1.43. The number of carboxylic acid groups (broad SMARTS) is 1. The highest BCUT2D eigenvalue weighted by Gasteiger charge is 2.39. The fourth-order valence-electron chi connectivity index (χ4n) is 3.97. The number of rotatable bonds is 4. The first kappa shape index (κ1) is 18.1. The van der Waals surface area contributed by atoms with Gasteiger partial charge < -0.3 is 29.7 Å². The third-order valence-electron chi connectivity index (χ3n) is 5.48. The third kappa shape index (κ3) is 3.49. The molecule has 1 amide bonds. The van der Waals surface area contributed by atoms with E-state index in [0.29, 0.717) is 38.4 Å². The SMILES string of the molecule is CC1CC(C(=O)N2CC(Oc3ccc4c(c3C(=O)O)OB(O)CC4)C2)CN1. The number of aryl methyl sites for hydroxylation is 1. The summed E-state index contributed by atoms with van der Waals surface area (Å²) in [6.07, 6.45) is 1.58. The van der Waals surface area contributed by atoms with Crippen LogP contribution in [0.2, 0.25) is 6.32 Å². The molecule has 0 aromatic heterocycles. The molecule has 0 radical (unpaired) electrons. The van der Waals surface area contributed by atoms with Crippen molar-refractivity contribution < 1.29 is 29.1 Å². The Morgan fingerprint density at radius 3 is 2.81 bits per heavy atom. The molecule has 3 aliphatic heterocycles. The fourth-order valence-corrected chi connectivity index (χ4v) is 3.97. The van der Waals surface area contributed by atoms with Crippen molar-refractivity contribution in [3.05, 3.63) is 23.3 Å². The van der Waals surface area contributed by atoms with Crippen LogP contribution < -0.4 is 14.7 Å². The minimum Gasteiger partial charge on any atom is -0.535 e. The molecule has 2 unspecified atom stereocenters. The highest BCUT2D eigenvalue weighted by atomic mass is 16.5. The van der Waals surface area contributed by atoms with Gasteiger partial charge >= 0.3 is 13.1 Å². The Bertz CT molecular complexity index is 766. The average Bonchev–Trinajstić information content (AvgIpc) is 3.02. The lowest BCUT2D eigenvalue weighted by Gasteiger charge is -2.40. The maximum absolute atomic E-state index is 12.5. The zero-order valence-electron chi connectivity index (χ0n) is 15.2. The van der Waals surface area contributed by atoms with Gasteiger partial charge in [0.25, 0.3) is 0 Å². The molecule has 3 aliphatic rings. The molecule has 0 saturated carbocycles. The zero-order chi connectivity index (χ0) is 19.1. The van der Waals surface area contributed by atoms with Gasteiger partial charge in [0.2, 0.25) is 5.91 Å². The zero-order valence-corrected chi connectivity index (χ0v) is 15.2. The topological polar surface area (TPSA) is 108 Å². The Kier molecular flexibility index (Phi) is 4.73. The molecule has 144 valence electrons. The number of aromatic carboxylic acids is 1. The number of amides is 1. The Morgan fingerprint density at radius 2 is 2.15 bits per heavy atom. The molecular formula is C18H23BN2O6. The number of benzene rings is 1. The molecule has 3 heterocycles. The maximum atomic E-state index is 12.5. The Hall–Kier alpha value is -2.26. The number of hydrogen-bond acceptors (Lipinski definition) is 6. The molecule has 2 fully saturated rings. The monoisotopic (exact) mass is 374 g/mol. The van der Waals surface area contributed by atoms with Crippen LogP contribution in [0.5, 0.6) is 11.5 Å². The quantitative estimate of drug-likeness (QED) is 0.655. The lowest BCUT2D eigenvalue weighted by atomic mass is 9.78. The first-order chi connectivity index (χ1) is 12.9. The second-order valence-electron chi connectivity index (χ2n) is 7.57. The molecule has 0 bridgehead atoms. The standard InChI is InChI=1S/C18H23BN2O6/c1-10-6-12(7-20-10)17(22)21-8-13(9-21)26-14-3-2-11-4-5-19(25)27-16(11)15(14)18(23)24/h2-3,10,12-13,20,25H,4-9H2,1H3,(H,23,24). The second-order valence-corrected chi connectivity index (χ2v) is 7.57. The number of carbonyl (C=O) groups is 2. The molecular weight excluding hydrogens is 351 g/mol. The minimum absolute atomic E-state index is 0.00848. The van der Waals surface area contributed by atoms with Gasteiger partial charge in [-0.2, -0.15) is 0 Å². The summed E-state index contributed by atoms with van der Waals surface area (Å²) in [6.45, 7) is 3.67. The van der Waals surface area contributed by atoms with E-state index in [4.69, 9.17) is 9.39 Å². The lowest BCUT2D eigenvalue weighted by molar-refractivity contribution is -0.143. The van der Waals surface area contributed by atoms with Crippen molar-refractivity contribution in [2.24, 2.45) is 5.92 Å². The van der Waals surface area contributed by atoms with Crippen LogP contribution in [0.4, 0.5) is 0 Å². The first-order valence-electron chi connectivity index (χ1n) is 9.35. The number of likely N-dealkylation sites (tertiary alicyclic amines) is 1. The third-order valence-corrected chi connectivity index (χ3v) is 5.48. The van der Waals surface area contributed by atoms with Crippen molar-refractivity contribution in [3.63, 3.8) is 0 Å². The first-order valence-corrected chi connectivity index (χ1v) is 9.35. The second kappa shape index (κ2) is 7.05. The highest BCUT2D eigenvalue weighted by molar-refractivity contribution is 6.44. The van der Waals surface area contributed by atoms with Crippen LogP contribution in [0.1, 0.15) is 29.3 Å². The van der Waals surface area contributed by atoms with Crippen molar-refractivity contribution in [1.82, 2.24) is 10.2 Å². The number of nitrogens with zero attached hydrogens (tertiary/aromatic N) is 1. The summed E-state index contributed by atoms with van der Waals surface area (Å²) >= 11 is 0. The van der Waals surface area contributed by atoms with Gasteiger partial charge in [0.15, 0.2) is 0 Å². The molecule has 9 heteroatoms. The predicted octanol–water partition coefficient (Wildman–Crippen LogP) is 0.388. The molecule has 4 rings (SSSR count). The molecule has 2 saturated heterocycles. The smallest absolute Gasteiger partial charge is 0.522 e. The Labute approximate surface area is 157 Å². The number of fused-ring (bicyclic) bond motifs is 1. The van der Waals surface area contributed by atoms with Gasteiger partial charge in [0.05, 0.1) is 19.0 Å². The van der Waals surface area contributed by atoms with Crippen LogP contribution in [-0.4, -0.2) is 65.8 Å². The Morgan fingerprint density at radius 1 is 1.37 bits per heavy atom. The molecule has 2 atom stereocenters. The number of nitrogens with one attached hydrogen (secondary N) is 1. The lowest BCUT2D eigenvalue weighted by Crippen LogP contribution is -2.57. The van der Waals surface area contributed by atoms with E-state index in [-0.39, 0.29) is 35.0 Å². The van der Waals surface area contributed by atoms with Gasteiger partial charge in [0.1, 0.15) is 23.2 Å². The molecule has 27 heavy (non-hydrogen) atoms. The fraction of sp³-hybridized carbons (Fsp3) is 0.556. The average molecular weight is 374 g/mol. The van der Waals surface area contributed by atoms with Crippen LogP contribution in [0, 0.1) is 5.92 Å². The van der Waals surface area contributed by atoms with Crippen LogP contribution >= 0.6 is 0 Å². The van der Waals surface area contributed by atoms with E-state index >= 15 is 0 Å². The van der Waals surface area contributed by atoms with E-state index in [1.807, 2.05) is 0 Å². The summed E-state index contributed by atoms with van der Waals surface area (Å²) in [6, 6.07) is 3.77. The molecule has 1 aromatic carbocycles. The molecule has 8 nitrogen and oxygen atoms in total. The summed E-state index contributed by atoms with van der Waals surface area (Å²) in [5.74, 6) is -0.633. The van der Waals surface area contributed by atoms with Crippen LogP contribution in [0.25, 0.3) is 0 Å². The molecule has 0 aliphatic carbocycles. The van der Waals surface area contributed by atoms with Crippen molar-refractivity contribution in [2.45, 2.75) is 38.2 Å². The normalized spacial score (nSPS) is 24.8. The van der Waals surface area contributed by atoms with Gasteiger partial charge in [-0.3, -0.25) is 4.79 Å². The van der Waals surface area contributed by atoms with Gasteiger partial charge in [-0.15, -0.1) is 0 Å². The number of carboxylic acids is 1.